The second-order valence-corrected chi connectivity index (χ2v) is 3.71. The van der Waals surface area contributed by atoms with E-state index in [1.165, 1.54) is 0 Å². The maximum atomic E-state index is 10.6. The van der Waals surface area contributed by atoms with Crippen LogP contribution < -0.4 is 5.32 Å². The van der Waals surface area contributed by atoms with Gasteiger partial charge in [-0.15, -0.1) is 0 Å². The van der Waals surface area contributed by atoms with E-state index in [0.717, 1.165) is 11.3 Å². The molecule has 0 heterocycles. The van der Waals surface area contributed by atoms with Gasteiger partial charge < -0.3 is 15.2 Å². The van der Waals surface area contributed by atoms with Crippen molar-refractivity contribution in [3.63, 3.8) is 0 Å². The van der Waals surface area contributed by atoms with Crippen LogP contribution in [0.25, 0.3) is 0 Å². The number of ether oxygens (including phenoxy) is 1. The molecule has 2 N–H and O–H groups in total. The SMILES string of the molecule is COCc1cccc(NC/C=C(/C)C(=O)O)c1. The summed E-state index contributed by atoms with van der Waals surface area (Å²) >= 11 is 0. The lowest BCUT2D eigenvalue weighted by Crippen LogP contribution is -2.03. The van der Waals surface area contributed by atoms with Gasteiger partial charge in [-0.3, -0.25) is 0 Å². The zero-order valence-electron chi connectivity index (χ0n) is 10.1. The first-order valence-electron chi connectivity index (χ1n) is 5.35. The Labute approximate surface area is 101 Å². The van der Waals surface area contributed by atoms with Gasteiger partial charge in [-0.2, -0.15) is 0 Å². The Kier molecular flexibility index (Phi) is 5.23. The molecule has 17 heavy (non-hydrogen) atoms. The fraction of sp³-hybridized carbons (Fsp3) is 0.308. The highest BCUT2D eigenvalue weighted by atomic mass is 16.5. The number of rotatable bonds is 6. The molecule has 0 aliphatic carbocycles. The Morgan fingerprint density at radius 3 is 2.94 bits per heavy atom. The number of benzene rings is 1. The molecule has 4 nitrogen and oxygen atoms in total. The highest BCUT2D eigenvalue weighted by Gasteiger charge is 1.98. The normalized spacial score (nSPS) is 11.3. The molecule has 1 rings (SSSR count). The lowest BCUT2D eigenvalue weighted by molar-refractivity contribution is -0.132. The summed E-state index contributed by atoms with van der Waals surface area (Å²) in [6.45, 7) is 2.64. The van der Waals surface area contributed by atoms with Crippen molar-refractivity contribution in [1.29, 1.82) is 0 Å². The van der Waals surface area contributed by atoms with Gasteiger partial charge in [-0.1, -0.05) is 18.2 Å². The molecule has 0 unspecified atom stereocenters. The molecule has 0 fully saturated rings. The van der Waals surface area contributed by atoms with Gasteiger partial charge in [0.05, 0.1) is 6.61 Å². The summed E-state index contributed by atoms with van der Waals surface area (Å²) in [6.07, 6.45) is 1.64. The Hall–Kier alpha value is -1.81. The smallest absolute Gasteiger partial charge is 0.331 e. The summed E-state index contributed by atoms with van der Waals surface area (Å²) in [7, 11) is 1.65. The van der Waals surface area contributed by atoms with Crippen molar-refractivity contribution in [2.75, 3.05) is 19.0 Å². The zero-order valence-corrected chi connectivity index (χ0v) is 10.1. The van der Waals surface area contributed by atoms with Crippen molar-refractivity contribution in [2.24, 2.45) is 0 Å². The van der Waals surface area contributed by atoms with Crippen LogP contribution in [-0.2, 0) is 16.1 Å². The van der Waals surface area contributed by atoms with Crippen LogP contribution in [0.2, 0.25) is 0 Å². The summed E-state index contributed by atoms with van der Waals surface area (Å²) in [4.78, 5) is 10.6. The molecule has 0 aliphatic rings. The fourth-order valence-electron chi connectivity index (χ4n) is 1.35. The van der Waals surface area contributed by atoms with E-state index < -0.39 is 5.97 Å². The fourth-order valence-corrected chi connectivity index (χ4v) is 1.35. The van der Waals surface area contributed by atoms with Gasteiger partial charge in [0, 0.05) is 24.9 Å². The van der Waals surface area contributed by atoms with Gasteiger partial charge in [0.2, 0.25) is 0 Å². The Morgan fingerprint density at radius 1 is 1.53 bits per heavy atom. The minimum atomic E-state index is -0.889. The van der Waals surface area contributed by atoms with Gasteiger partial charge >= 0.3 is 5.97 Å². The monoisotopic (exact) mass is 235 g/mol. The van der Waals surface area contributed by atoms with Crippen LogP contribution in [0, 0.1) is 0 Å². The number of nitrogens with one attached hydrogen (secondary N) is 1. The molecule has 0 radical (unpaired) electrons. The van der Waals surface area contributed by atoms with E-state index in [1.54, 1.807) is 20.1 Å². The standard InChI is InChI=1S/C13H17NO3/c1-10(13(15)16)6-7-14-12-5-3-4-11(8-12)9-17-2/h3-6,8,14H,7,9H2,1-2H3,(H,15,16)/b10-6-. The number of carbonyl (C=O) groups is 1. The number of carboxylic acid groups (broad SMARTS) is 1. The Balaban J connectivity index is 2.54. The van der Waals surface area contributed by atoms with E-state index in [-0.39, 0.29) is 0 Å². The van der Waals surface area contributed by atoms with Crippen LogP contribution in [0.1, 0.15) is 12.5 Å². The van der Waals surface area contributed by atoms with Crippen LogP contribution in [0.15, 0.2) is 35.9 Å². The van der Waals surface area contributed by atoms with Crippen molar-refractivity contribution in [3.05, 3.63) is 41.5 Å². The molecule has 92 valence electrons. The molecular weight excluding hydrogens is 218 g/mol. The second-order valence-electron chi connectivity index (χ2n) is 3.71. The van der Waals surface area contributed by atoms with Crippen LogP contribution >= 0.6 is 0 Å². The average molecular weight is 235 g/mol. The predicted molar refractivity (Wildman–Crippen MR) is 67.0 cm³/mol. The molecule has 0 atom stereocenters. The van der Waals surface area contributed by atoms with E-state index in [2.05, 4.69) is 5.32 Å². The van der Waals surface area contributed by atoms with Crippen LogP contribution in [0.5, 0.6) is 0 Å². The summed E-state index contributed by atoms with van der Waals surface area (Å²) in [5, 5.41) is 11.8. The molecule has 1 aromatic rings. The van der Waals surface area contributed by atoms with E-state index in [4.69, 9.17) is 9.84 Å². The number of carboxylic acids is 1. The molecule has 0 spiro atoms. The highest BCUT2D eigenvalue weighted by molar-refractivity contribution is 5.85. The maximum Gasteiger partial charge on any atom is 0.331 e. The van der Waals surface area contributed by atoms with E-state index in [0.29, 0.717) is 18.7 Å². The summed E-state index contributed by atoms with van der Waals surface area (Å²) in [5.41, 5.74) is 2.37. The third-order valence-corrected chi connectivity index (χ3v) is 2.29. The Morgan fingerprint density at radius 2 is 2.29 bits per heavy atom. The third-order valence-electron chi connectivity index (χ3n) is 2.29. The first-order valence-corrected chi connectivity index (χ1v) is 5.35. The van der Waals surface area contributed by atoms with Gasteiger partial charge in [-0.25, -0.2) is 4.79 Å². The van der Waals surface area contributed by atoms with Gasteiger partial charge in [0.1, 0.15) is 0 Å². The van der Waals surface area contributed by atoms with E-state index >= 15 is 0 Å². The molecule has 0 saturated heterocycles. The first-order chi connectivity index (χ1) is 8.13. The number of anilines is 1. The quantitative estimate of drug-likeness (QED) is 0.743. The largest absolute Gasteiger partial charge is 0.478 e. The number of methoxy groups -OCH3 is 1. The van der Waals surface area contributed by atoms with Gasteiger partial charge in [-0.05, 0) is 24.6 Å². The van der Waals surface area contributed by atoms with Crippen molar-refractivity contribution >= 4 is 11.7 Å². The number of hydrogen-bond donors (Lipinski definition) is 2. The summed E-state index contributed by atoms with van der Waals surface area (Å²) in [6, 6.07) is 7.83. The number of aliphatic carboxylic acids is 1. The van der Waals surface area contributed by atoms with Crippen molar-refractivity contribution in [3.8, 4) is 0 Å². The van der Waals surface area contributed by atoms with Crippen LogP contribution in [-0.4, -0.2) is 24.7 Å². The van der Waals surface area contributed by atoms with Gasteiger partial charge in [0.25, 0.3) is 0 Å². The molecular formula is C13H17NO3. The summed E-state index contributed by atoms with van der Waals surface area (Å²) < 4.78 is 5.04. The molecule has 0 bridgehead atoms. The van der Waals surface area contributed by atoms with Gasteiger partial charge in [0.15, 0.2) is 0 Å². The first kappa shape index (κ1) is 13.3. The predicted octanol–water partition coefficient (Wildman–Crippen LogP) is 2.28. The molecule has 1 aromatic carbocycles. The van der Waals surface area contributed by atoms with Crippen molar-refractivity contribution < 1.29 is 14.6 Å². The lowest BCUT2D eigenvalue weighted by Gasteiger charge is -2.06. The van der Waals surface area contributed by atoms with Crippen LogP contribution in [0.4, 0.5) is 5.69 Å². The minimum absolute atomic E-state index is 0.338. The molecule has 0 aromatic heterocycles. The highest BCUT2D eigenvalue weighted by Crippen LogP contribution is 2.11. The summed E-state index contributed by atoms with van der Waals surface area (Å²) in [5.74, 6) is -0.889. The zero-order chi connectivity index (χ0) is 12.7. The molecule has 0 aliphatic heterocycles. The topological polar surface area (TPSA) is 58.6 Å². The van der Waals surface area contributed by atoms with E-state index in [1.807, 2.05) is 24.3 Å². The minimum Gasteiger partial charge on any atom is -0.478 e. The Bertz CT molecular complexity index is 413. The maximum absolute atomic E-state index is 10.6. The molecule has 0 saturated carbocycles. The van der Waals surface area contributed by atoms with Crippen LogP contribution in [0.3, 0.4) is 0 Å². The van der Waals surface area contributed by atoms with Crippen molar-refractivity contribution in [2.45, 2.75) is 13.5 Å². The average Bonchev–Trinajstić information content (AvgIpc) is 2.29. The van der Waals surface area contributed by atoms with E-state index in [9.17, 15) is 4.79 Å². The number of hydrogen-bond acceptors (Lipinski definition) is 3. The third kappa shape index (κ3) is 4.70. The molecule has 0 amide bonds. The van der Waals surface area contributed by atoms with Crippen molar-refractivity contribution in [1.82, 2.24) is 0 Å². The second kappa shape index (κ2) is 6.70. The lowest BCUT2D eigenvalue weighted by atomic mass is 10.2. The molecule has 4 heteroatoms.